The van der Waals surface area contributed by atoms with E-state index in [0.29, 0.717) is 16.9 Å². The number of nitrogens with zero attached hydrogens (tertiary/aromatic N) is 2. The summed E-state index contributed by atoms with van der Waals surface area (Å²) in [6.07, 6.45) is 0. The predicted molar refractivity (Wildman–Crippen MR) is 104 cm³/mol. The van der Waals surface area contributed by atoms with Gasteiger partial charge in [-0.15, -0.1) is 0 Å². The van der Waals surface area contributed by atoms with Gasteiger partial charge in [-0.25, -0.2) is 0 Å². The SMILES string of the molecule is O=C(Nc1cc([N+](=O)[O-])ccc1Nc1ccc([N+](=O)[O-])cc1)c1ccccc1. The third-order valence-corrected chi connectivity index (χ3v) is 3.86. The fourth-order valence-corrected chi connectivity index (χ4v) is 2.46. The molecule has 2 N–H and O–H groups in total. The summed E-state index contributed by atoms with van der Waals surface area (Å²) in [7, 11) is 0. The van der Waals surface area contributed by atoms with Gasteiger partial charge in [-0.1, -0.05) is 18.2 Å². The highest BCUT2D eigenvalue weighted by molar-refractivity contribution is 6.06. The fraction of sp³-hybridized carbons (Fsp3) is 0. The number of nitro groups is 2. The summed E-state index contributed by atoms with van der Waals surface area (Å²) in [5, 5.41) is 27.5. The van der Waals surface area contributed by atoms with Crippen molar-refractivity contribution in [1.29, 1.82) is 0 Å². The third-order valence-electron chi connectivity index (χ3n) is 3.86. The zero-order valence-corrected chi connectivity index (χ0v) is 14.4. The summed E-state index contributed by atoms with van der Waals surface area (Å²) in [5.74, 6) is -0.423. The topological polar surface area (TPSA) is 127 Å². The minimum absolute atomic E-state index is 0.0631. The number of hydrogen-bond donors (Lipinski definition) is 2. The number of benzene rings is 3. The fourth-order valence-electron chi connectivity index (χ4n) is 2.46. The van der Waals surface area contributed by atoms with Crippen molar-refractivity contribution in [3.05, 3.63) is 98.6 Å². The maximum Gasteiger partial charge on any atom is 0.271 e. The van der Waals surface area contributed by atoms with Gasteiger partial charge in [-0.05, 0) is 30.3 Å². The molecule has 0 saturated heterocycles. The molecule has 28 heavy (non-hydrogen) atoms. The van der Waals surface area contributed by atoms with E-state index in [4.69, 9.17) is 0 Å². The number of amides is 1. The van der Waals surface area contributed by atoms with Crippen molar-refractivity contribution in [3.8, 4) is 0 Å². The molecular formula is C19H14N4O5. The molecule has 0 aliphatic carbocycles. The standard InChI is InChI=1S/C19H14N4O5/c24-19(13-4-2-1-3-5-13)21-18-12-16(23(27)28)10-11-17(18)20-14-6-8-15(9-7-14)22(25)26/h1-12,20H,(H,21,24). The van der Waals surface area contributed by atoms with Crippen LogP contribution >= 0.6 is 0 Å². The van der Waals surface area contributed by atoms with Crippen molar-refractivity contribution in [2.45, 2.75) is 0 Å². The van der Waals surface area contributed by atoms with Crippen LogP contribution in [0.2, 0.25) is 0 Å². The predicted octanol–water partition coefficient (Wildman–Crippen LogP) is 4.50. The number of rotatable bonds is 6. The molecule has 0 unspecified atom stereocenters. The second-order valence-electron chi connectivity index (χ2n) is 5.74. The van der Waals surface area contributed by atoms with Crippen LogP contribution in [-0.4, -0.2) is 15.8 Å². The van der Waals surface area contributed by atoms with Crippen molar-refractivity contribution in [2.75, 3.05) is 10.6 Å². The van der Waals surface area contributed by atoms with E-state index in [-0.39, 0.29) is 17.1 Å². The van der Waals surface area contributed by atoms with Crippen LogP contribution in [-0.2, 0) is 0 Å². The van der Waals surface area contributed by atoms with E-state index in [1.807, 2.05) is 0 Å². The quantitative estimate of drug-likeness (QED) is 0.480. The Morgan fingerprint density at radius 3 is 1.96 bits per heavy atom. The number of nitro benzene ring substituents is 2. The number of nitrogens with one attached hydrogen (secondary N) is 2. The van der Waals surface area contributed by atoms with Gasteiger partial charge in [0.05, 0.1) is 21.2 Å². The number of non-ortho nitro benzene ring substituents is 2. The molecule has 0 saturated carbocycles. The van der Waals surface area contributed by atoms with E-state index in [2.05, 4.69) is 10.6 Å². The zero-order valence-electron chi connectivity index (χ0n) is 14.4. The Kier molecular flexibility index (Phi) is 5.26. The van der Waals surface area contributed by atoms with E-state index >= 15 is 0 Å². The van der Waals surface area contributed by atoms with Crippen LogP contribution in [0.5, 0.6) is 0 Å². The van der Waals surface area contributed by atoms with Crippen LogP contribution in [0.1, 0.15) is 10.4 Å². The Hall–Kier alpha value is -4.27. The lowest BCUT2D eigenvalue weighted by atomic mass is 10.2. The van der Waals surface area contributed by atoms with Crippen LogP contribution in [0.15, 0.2) is 72.8 Å². The van der Waals surface area contributed by atoms with Gasteiger partial charge in [0.1, 0.15) is 0 Å². The molecule has 0 aliphatic heterocycles. The molecule has 0 spiro atoms. The van der Waals surface area contributed by atoms with Crippen LogP contribution in [0.3, 0.4) is 0 Å². The first-order chi connectivity index (χ1) is 13.4. The molecule has 3 rings (SSSR count). The number of carbonyl (C=O) groups is 1. The van der Waals surface area contributed by atoms with Gasteiger partial charge < -0.3 is 10.6 Å². The minimum atomic E-state index is -0.562. The Morgan fingerprint density at radius 2 is 1.36 bits per heavy atom. The summed E-state index contributed by atoms with van der Waals surface area (Å²) < 4.78 is 0. The first-order valence-electron chi connectivity index (χ1n) is 8.10. The molecule has 9 nitrogen and oxygen atoms in total. The van der Waals surface area contributed by atoms with E-state index in [9.17, 15) is 25.0 Å². The van der Waals surface area contributed by atoms with Crippen molar-refractivity contribution in [2.24, 2.45) is 0 Å². The molecule has 1 amide bonds. The van der Waals surface area contributed by atoms with Crippen molar-refractivity contribution < 1.29 is 14.6 Å². The number of hydrogen-bond acceptors (Lipinski definition) is 6. The molecule has 0 heterocycles. The van der Waals surface area contributed by atoms with Crippen molar-refractivity contribution in [1.82, 2.24) is 0 Å². The van der Waals surface area contributed by atoms with Gasteiger partial charge >= 0.3 is 0 Å². The second kappa shape index (κ2) is 7.96. The number of carbonyl (C=O) groups excluding carboxylic acids is 1. The average molecular weight is 378 g/mol. The lowest BCUT2D eigenvalue weighted by Gasteiger charge is -2.13. The Morgan fingerprint density at radius 1 is 0.750 bits per heavy atom. The molecule has 9 heteroatoms. The molecule has 3 aromatic carbocycles. The van der Waals surface area contributed by atoms with Gasteiger partial charge in [-0.2, -0.15) is 0 Å². The highest BCUT2D eigenvalue weighted by atomic mass is 16.6. The Labute approximate surface area is 158 Å². The van der Waals surface area contributed by atoms with Crippen LogP contribution in [0.4, 0.5) is 28.4 Å². The lowest BCUT2D eigenvalue weighted by Crippen LogP contribution is -2.13. The Bertz CT molecular complexity index is 1040. The summed E-state index contributed by atoms with van der Waals surface area (Å²) in [6, 6.07) is 18.1. The lowest BCUT2D eigenvalue weighted by molar-refractivity contribution is -0.385. The molecule has 3 aromatic rings. The molecule has 0 fully saturated rings. The van der Waals surface area contributed by atoms with E-state index < -0.39 is 15.8 Å². The van der Waals surface area contributed by atoms with Crippen LogP contribution in [0, 0.1) is 20.2 Å². The van der Waals surface area contributed by atoms with Crippen LogP contribution < -0.4 is 10.6 Å². The van der Waals surface area contributed by atoms with Gasteiger partial charge in [0, 0.05) is 35.5 Å². The number of anilines is 3. The first kappa shape index (κ1) is 18.5. The monoisotopic (exact) mass is 378 g/mol. The first-order valence-corrected chi connectivity index (χ1v) is 8.10. The summed E-state index contributed by atoms with van der Waals surface area (Å²) in [4.78, 5) is 33.2. The maximum atomic E-state index is 12.4. The van der Waals surface area contributed by atoms with E-state index in [1.165, 1.54) is 42.5 Å². The van der Waals surface area contributed by atoms with E-state index in [0.717, 1.165) is 0 Å². The maximum absolute atomic E-state index is 12.4. The highest BCUT2D eigenvalue weighted by Gasteiger charge is 2.15. The molecule has 0 radical (unpaired) electrons. The van der Waals surface area contributed by atoms with Gasteiger partial charge in [-0.3, -0.25) is 25.0 Å². The molecule has 0 aromatic heterocycles. The molecule has 0 bridgehead atoms. The smallest absolute Gasteiger partial charge is 0.271 e. The van der Waals surface area contributed by atoms with Gasteiger partial charge in [0.2, 0.25) is 0 Å². The van der Waals surface area contributed by atoms with Gasteiger partial charge in [0.15, 0.2) is 0 Å². The van der Waals surface area contributed by atoms with Crippen molar-refractivity contribution >= 4 is 34.3 Å². The molecule has 0 atom stereocenters. The summed E-state index contributed by atoms with van der Waals surface area (Å²) in [5.41, 5.74) is 1.29. The normalized spacial score (nSPS) is 10.1. The zero-order chi connectivity index (χ0) is 20.1. The van der Waals surface area contributed by atoms with Crippen LogP contribution in [0.25, 0.3) is 0 Å². The summed E-state index contributed by atoms with van der Waals surface area (Å²) in [6.45, 7) is 0. The molecule has 0 aliphatic rings. The molecule has 140 valence electrons. The second-order valence-corrected chi connectivity index (χ2v) is 5.74. The average Bonchev–Trinajstić information content (AvgIpc) is 2.70. The highest BCUT2D eigenvalue weighted by Crippen LogP contribution is 2.30. The molecular weight excluding hydrogens is 364 g/mol. The Balaban J connectivity index is 1.90. The summed E-state index contributed by atoms with van der Waals surface area (Å²) >= 11 is 0. The van der Waals surface area contributed by atoms with Gasteiger partial charge in [0.25, 0.3) is 17.3 Å². The van der Waals surface area contributed by atoms with E-state index in [1.54, 1.807) is 30.3 Å². The largest absolute Gasteiger partial charge is 0.354 e. The minimum Gasteiger partial charge on any atom is -0.354 e. The van der Waals surface area contributed by atoms with Crippen molar-refractivity contribution in [3.63, 3.8) is 0 Å². The third kappa shape index (κ3) is 4.28.